The zero-order valence-electron chi connectivity index (χ0n) is 21.2. The number of hydrogen-bond acceptors (Lipinski definition) is 4. The van der Waals surface area contributed by atoms with Gasteiger partial charge in [-0.3, -0.25) is 0 Å². The fraction of sp³-hybridized carbons (Fsp3) is 0.290. The molecule has 0 aliphatic heterocycles. The average Bonchev–Trinajstić information content (AvgIpc) is 3.58. The summed E-state index contributed by atoms with van der Waals surface area (Å²) in [4.78, 5) is 8.35. The van der Waals surface area contributed by atoms with Crippen LogP contribution < -0.4 is 4.74 Å². The summed E-state index contributed by atoms with van der Waals surface area (Å²) in [5.74, 6) is 1.61. The molecule has 6 rings (SSSR count). The van der Waals surface area contributed by atoms with Crippen molar-refractivity contribution in [1.29, 1.82) is 5.26 Å². The van der Waals surface area contributed by atoms with E-state index in [4.69, 9.17) is 9.72 Å². The highest BCUT2D eigenvalue weighted by Crippen LogP contribution is 2.40. The Balaban J connectivity index is 1.58. The summed E-state index contributed by atoms with van der Waals surface area (Å²) in [7, 11) is 0. The topological polar surface area (TPSA) is 81.9 Å². The molecule has 0 bridgehead atoms. The number of rotatable bonds is 7. The van der Waals surface area contributed by atoms with Gasteiger partial charge in [0.15, 0.2) is 0 Å². The lowest BCUT2D eigenvalue weighted by Crippen LogP contribution is -2.21. The summed E-state index contributed by atoms with van der Waals surface area (Å²) in [5.41, 5.74) is 2.50. The highest BCUT2D eigenvalue weighted by Gasteiger charge is 2.22. The van der Waals surface area contributed by atoms with Crippen LogP contribution in [0.15, 0.2) is 53.0 Å². The van der Waals surface area contributed by atoms with Crippen LogP contribution in [-0.4, -0.2) is 27.3 Å². The van der Waals surface area contributed by atoms with Crippen molar-refractivity contribution in [3.63, 3.8) is 0 Å². The molecular weight excluding hydrogens is 545 g/mol. The summed E-state index contributed by atoms with van der Waals surface area (Å²) >= 11 is 3.43. The Labute approximate surface area is 228 Å². The highest BCUT2D eigenvalue weighted by molar-refractivity contribution is 9.10. The Morgan fingerprint density at radius 1 is 1.11 bits per heavy atom. The number of imidazole rings is 1. The second kappa shape index (κ2) is 9.37. The van der Waals surface area contributed by atoms with Crippen LogP contribution in [0.5, 0.6) is 5.75 Å². The Morgan fingerprint density at radius 2 is 1.87 bits per heavy atom. The summed E-state index contributed by atoms with van der Waals surface area (Å²) < 4.78 is 20.6. The van der Waals surface area contributed by atoms with E-state index in [2.05, 4.69) is 39.1 Å². The molecule has 0 unspecified atom stereocenters. The first-order valence-corrected chi connectivity index (χ1v) is 13.6. The van der Waals surface area contributed by atoms with E-state index in [-0.39, 0.29) is 5.56 Å². The Kier molecular flexibility index (Phi) is 6.13. The van der Waals surface area contributed by atoms with Crippen LogP contribution in [0.1, 0.15) is 44.2 Å². The van der Waals surface area contributed by atoms with Crippen molar-refractivity contribution in [3.05, 3.63) is 69.9 Å². The summed E-state index contributed by atoms with van der Waals surface area (Å²) in [6.07, 6.45) is 4.19. The number of nitrogens with one attached hydrogen (secondary N) is 1. The number of ether oxygens (including phenoxy) is 1. The quantitative estimate of drug-likeness (QED) is 0.195. The van der Waals surface area contributed by atoms with E-state index in [9.17, 15) is 14.8 Å². The summed E-state index contributed by atoms with van der Waals surface area (Å²) in [6, 6.07) is 16.9. The molecule has 1 aliphatic rings. The third-order valence-corrected chi connectivity index (χ3v) is 7.76. The van der Waals surface area contributed by atoms with Crippen molar-refractivity contribution in [3.8, 4) is 23.2 Å². The summed E-state index contributed by atoms with van der Waals surface area (Å²) in [5, 5.41) is 24.1. The maximum atomic E-state index is 14.0. The fourth-order valence-corrected chi connectivity index (χ4v) is 5.84. The third-order valence-electron chi connectivity index (χ3n) is 7.13. The predicted molar refractivity (Wildman–Crippen MR) is 152 cm³/mol. The number of aromatic nitrogens is 2. The van der Waals surface area contributed by atoms with Crippen LogP contribution in [0.3, 0.4) is 0 Å². The van der Waals surface area contributed by atoms with Gasteiger partial charge < -0.3 is 14.8 Å². The molecule has 1 heterocycles. The van der Waals surface area contributed by atoms with Gasteiger partial charge in [-0.25, -0.2) is 9.37 Å². The molecule has 2 N–H and O–H groups in total. The van der Waals surface area contributed by atoms with Gasteiger partial charge in [-0.2, -0.15) is 5.26 Å². The van der Waals surface area contributed by atoms with Gasteiger partial charge in [-0.15, -0.1) is 0 Å². The molecule has 5 aromatic rings. The Hall–Kier alpha value is -3.47. The first kappa shape index (κ1) is 24.8. The van der Waals surface area contributed by atoms with Crippen molar-refractivity contribution in [2.24, 2.45) is 5.92 Å². The number of benzene rings is 4. The fourth-order valence-electron chi connectivity index (χ4n) is 5.22. The Bertz CT molecular complexity index is 1760. The molecule has 5 nitrogen and oxygen atoms in total. The number of halogens is 2. The van der Waals surface area contributed by atoms with Gasteiger partial charge in [0, 0.05) is 27.2 Å². The molecule has 0 saturated heterocycles. The minimum Gasteiger partial charge on any atom is -0.494 e. The van der Waals surface area contributed by atoms with Crippen LogP contribution in [0.25, 0.3) is 44.0 Å². The van der Waals surface area contributed by atoms with E-state index in [1.54, 1.807) is 13.8 Å². The van der Waals surface area contributed by atoms with Crippen molar-refractivity contribution in [2.75, 3.05) is 6.61 Å². The van der Waals surface area contributed by atoms with Crippen LogP contribution in [0, 0.1) is 23.1 Å². The lowest BCUT2D eigenvalue weighted by Gasteiger charge is -2.18. The number of aromatic amines is 1. The largest absolute Gasteiger partial charge is 0.494 e. The first-order chi connectivity index (χ1) is 18.2. The molecule has 0 amide bonds. The van der Waals surface area contributed by atoms with Gasteiger partial charge in [0.2, 0.25) is 0 Å². The molecule has 7 heteroatoms. The van der Waals surface area contributed by atoms with Gasteiger partial charge in [0.05, 0.1) is 28.8 Å². The van der Waals surface area contributed by atoms with E-state index >= 15 is 0 Å². The maximum absolute atomic E-state index is 14.0. The lowest BCUT2D eigenvalue weighted by molar-refractivity contribution is 0.0810. The van der Waals surface area contributed by atoms with Crippen molar-refractivity contribution < 1.29 is 14.2 Å². The number of H-pyrrole nitrogens is 1. The van der Waals surface area contributed by atoms with Crippen molar-refractivity contribution in [2.45, 2.75) is 45.1 Å². The second-order valence-electron chi connectivity index (χ2n) is 10.9. The van der Waals surface area contributed by atoms with Crippen LogP contribution >= 0.6 is 15.9 Å². The Morgan fingerprint density at radius 3 is 2.61 bits per heavy atom. The van der Waals surface area contributed by atoms with Crippen LogP contribution in [0.2, 0.25) is 0 Å². The zero-order chi connectivity index (χ0) is 26.6. The van der Waals surface area contributed by atoms with Gasteiger partial charge in [0.25, 0.3) is 0 Å². The molecule has 1 aromatic heterocycles. The van der Waals surface area contributed by atoms with Gasteiger partial charge in [-0.05, 0) is 88.8 Å². The number of hydrogen-bond donors (Lipinski definition) is 2. The second-order valence-corrected chi connectivity index (χ2v) is 11.7. The third kappa shape index (κ3) is 4.75. The van der Waals surface area contributed by atoms with Crippen LogP contribution in [0.4, 0.5) is 4.39 Å². The highest BCUT2D eigenvalue weighted by atomic mass is 79.9. The normalized spacial score (nSPS) is 13.9. The van der Waals surface area contributed by atoms with Gasteiger partial charge >= 0.3 is 0 Å². The number of nitrogens with zero attached hydrogens (tertiary/aromatic N) is 2. The molecule has 0 atom stereocenters. The zero-order valence-corrected chi connectivity index (χ0v) is 22.8. The molecular formula is C31H27BrFN3O2. The molecule has 1 aliphatic carbocycles. The monoisotopic (exact) mass is 571 g/mol. The minimum absolute atomic E-state index is 0.198. The van der Waals surface area contributed by atoms with Gasteiger partial charge in [-0.1, -0.05) is 31.0 Å². The first-order valence-electron chi connectivity index (χ1n) is 12.8. The van der Waals surface area contributed by atoms with Gasteiger partial charge in [0.1, 0.15) is 23.5 Å². The summed E-state index contributed by atoms with van der Waals surface area (Å²) in [6.45, 7) is 4.31. The molecule has 4 aromatic carbocycles. The SMILES string of the molecule is CC(C)(O)Cc1ccc2c(c1)c1cc(OCCC3CC3)ccc1c1nc(-c3c(Br)cc(F)cc3C#N)[nH]c21. The maximum Gasteiger partial charge on any atom is 0.141 e. The molecule has 0 spiro atoms. The molecule has 1 saturated carbocycles. The van der Waals surface area contributed by atoms with E-state index < -0.39 is 11.4 Å². The number of fused-ring (bicyclic) bond motifs is 6. The van der Waals surface area contributed by atoms with E-state index in [1.807, 2.05) is 24.3 Å². The standard InChI is InChI=1S/C31H27BrFN3O2/c1-31(2,37)15-18-5-7-22-24(11-18)25-14-21(38-10-9-17-3-4-17)6-8-23(25)29-28(22)35-30(36-29)27-19(16-34)12-20(33)13-26(27)32/h5-8,11-14,17,37H,3-4,9-10,15H2,1-2H3,(H,35,36). The number of nitriles is 1. The van der Waals surface area contributed by atoms with E-state index in [0.29, 0.717) is 28.9 Å². The molecule has 38 heavy (non-hydrogen) atoms. The molecule has 192 valence electrons. The van der Waals surface area contributed by atoms with Crippen LogP contribution in [-0.2, 0) is 6.42 Å². The van der Waals surface area contributed by atoms with E-state index in [1.165, 1.54) is 25.0 Å². The lowest BCUT2D eigenvalue weighted by atomic mass is 9.93. The smallest absolute Gasteiger partial charge is 0.141 e. The minimum atomic E-state index is -0.839. The number of aliphatic hydroxyl groups is 1. The van der Waals surface area contributed by atoms with Crippen molar-refractivity contribution >= 4 is 48.5 Å². The van der Waals surface area contributed by atoms with E-state index in [0.717, 1.165) is 56.2 Å². The average molecular weight is 572 g/mol. The molecule has 0 radical (unpaired) electrons. The predicted octanol–water partition coefficient (Wildman–Crippen LogP) is 7.80. The molecule has 1 fully saturated rings. The van der Waals surface area contributed by atoms with Crippen molar-refractivity contribution in [1.82, 2.24) is 9.97 Å².